The molecule has 160 valence electrons. The van der Waals surface area contributed by atoms with E-state index in [1.165, 1.54) is 20.0 Å². The number of likely N-dealkylation sites (tertiary alicyclic amines) is 1. The summed E-state index contributed by atoms with van der Waals surface area (Å²) < 4.78 is 11.0. The lowest BCUT2D eigenvalue weighted by Crippen LogP contribution is -2.46. The van der Waals surface area contributed by atoms with Crippen molar-refractivity contribution in [1.82, 2.24) is 15.2 Å². The van der Waals surface area contributed by atoms with Gasteiger partial charge < -0.3 is 19.7 Å². The third-order valence-electron chi connectivity index (χ3n) is 6.04. The number of nitrogens with zero attached hydrogens (tertiary/aromatic N) is 3. The van der Waals surface area contributed by atoms with Crippen molar-refractivity contribution >= 4 is 11.9 Å². The van der Waals surface area contributed by atoms with E-state index in [-0.39, 0.29) is 18.0 Å². The Labute approximate surface area is 173 Å². The van der Waals surface area contributed by atoms with Crippen LogP contribution in [0, 0.1) is 11.8 Å². The quantitative estimate of drug-likeness (QED) is 0.464. The van der Waals surface area contributed by atoms with Gasteiger partial charge in [-0.05, 0) is 56.1 Å². The van der Waals surface area contributed by atoms with Gasteiger partial charge in [-0.3, -0.25) is 9.79 Å². The lowest BCUT2D eigenvalue weighted by atomic mass is 9.89. The number of aliphatic imine (C=N–C) groups is 1. The molecule has 2 aliphatic rings. The van der Waals surface area contributed by atoms with E-state index in [1.807, 2.05) is 18.3 Å². The number of hydrogen-bond acceptors (Lipinski definition) is 5. The van der Waals surface area contributed by atoms with Crippen molar-refractivity contribution in [2.24, 2.45) is 16.8 Å². The number of carbonyl (C=O) groups is 1. The Morgan fingerprint density at radius 3 is 2.62 bits per heavy atom. The Morgan fingerprint density at radius 1 is 1.24 bits per heavy atom. The number of guanidine groups is 1. The highest BCUT2D eigenvalue weighted by atomic mass is 16.5. The molecule has 1 aliphatic carbocycles. The Hall–Kier alpha value is -2.31. The van der Waals surface area contributed by atoms with Gasteiger partial charge in [0.1, 0.15) is 6.10 Å². The monoisotopic (exact) mass is 402 g/mol. The molecule has 2 heterocycles. The van der Waals surface area contributed by atoms with E-state index in [2.05, 4.69) is 27.1 Å². The van der Waals surface area contributed by atoms with Crippen molar-refractivity contribution < 1.29 is 14.3 Å². The van der Waals surface area contributed by atoms with Crippen LogP contribution >= 0.6 is 0 Å². The maximum absolute atomic E-state index is 11.7. The first-order valence-corrected chi connectivity index (χ1v) is 10.7. The fourth-order valence-corrected chi connectivity index (χ4v) is 4.15. The average Bonchev–Trinajstić information content (AvgIpc) is 2.76. The Balaban J connectivity index is 1.49. The second-order valence-corrected chi connectivity index (χ2v) is 8.19. The normalized spacial score (nSPS) is 23.6. The Bertz CT molecular complexity index is 693. The molecule has 0 amide bonds. The summed E-state index contributed by atoms with van der Waals surface area (Å²) in [6.45, 7) is 4.56. The minimum Gasteiger partial charge on any atom is -0.474 e. The molecule has 1 saturated heterocycles. The molecule has 7 nitrogen and oxygen atoms in total. The highest BCUT2D eigenvalue weighted by Crippen LogP contribution is 2.26. The topological polar surface area (TPSA) is 76.1 Å². The molecule has 3 rings (SSSR count). The van der Waals surface area contributed by atoms with Crippen LogP contribution in [0.4, 0.5) is 0 Å². The number of pyridine rings is 1. The van der Waals surface area contributed by atoms with Crippen LogP contribution in [-0.4, -0.2) is 55.2 Å². The molecular weight excluding hydrogens is 368 g/mol. The minimum absolute atomic E-state index is 0.00274. The third-order valence-corrected chi connectivity index (χ3v) is 6.04. The molecular formula is C22H34N4O3. The minimum atomic E-state index is -0.107. The number of hydrogen-bond donors (Lipinski definition) is 1. The van der Waals surface area contributed by atoms with Crippen molar-refractivity contribution in [2.45, 2.75) is 58.1 Å². The number of piperidine rings is 1. The standard InChI is InChI=1S/C22H34N4O3/c1-16-4-6-19(7-5-16)29-20-14-17(8-11-24-20)15-25-22(23-2)26-12-9-18(10-13-26)21(27)28-3/h8,11,14,16,18-19H,4-7,9-10,12-13,15H2,1-3H3,(H,23,25). The molecule has 1 saturated carbocycles. The fourth-order valence-electron chi connectivity index (χ4n) is 4.15. The molecule has 0 atom stereocenters. The van der Waals surface area contributed by atoms with E-state index in [4.69, 9.17) is 9.47 Å². The van der Waals surface area contributed by atoms with Gasteiger partial charge in [-0.25, -0.2) is 4.98 Å². The fraction of sp³-hybridized carbons (Fsp3) is 0.682. The van der Waals surface area contributed by atoms with Gasteiger partial charge in [-0.1, -0.05) is 6.92 Å². The van der Waals surface area contributed by atoms with E-state index < -0.39 is 0 Å². The van der Waals surface area contributed by atoms with Gasteiger partial charge >= 0.3 is 5.97 Å². The average molecular weight is 403 g/mol. The highest BCUT2D eigenvalue weighted by molar-refractivity contribution is 5.80. The summed E-state index contributed by atoms with van der Waals surface area (Å²) in [5, 5.41) is 3.43. The van der Waals surface area contributed by atoms with E-state index in [9.17, 15) is 4.79 Å². The molecule has 1 aromatic rings. The number of aromatic nitrogens is 1. The number of rotatable bonds is 5. The van der Waals surface area contributed by atoms with Gasteiger partial charge in [0.05, 0.1) is 13.0 Å². The zero-order chi connectivity index (χ0) is 20.6. The van der Waals surface area contributed by atoms with Gasteiger partial charge in [0.25, 0.3) is 0 Å². The van der Waals surface area contributed by atoms with Crippen LogP contribution in [0.1, 0.15) is 51.0 Å². The zero-order valence-corrected chi connectivity index (χ0v) is 17.9. The van der Waals surface area contributed by atoms with Crippen molar-refractivity contribution in [3.05, 3.63) is 23.9 Å². The molecule has 1 aromatic heterocycles. The summed E-state index contributed by atoms with van der Waals surface area (Å²) >= 11 is 0. The van der Waals surface area contributed by atoms with Gasteiger partial charge in [0.15, 0.2) is 5.96 Å². The van der Waals surface area contributed by atoms with Crippen LogP contribution in [0.5, 0.6) is 5.88 Å². The molecule has 2 fully saturated rings. The maximum Gasteiger partial charge on any atom is 0.308 e. The first-order valence-electron chi connectivity index (χ1n) is 10.7. The Kier molecular flexibility index (Phi) is 7.72. The highest BCUT2D eigenvalue weighted by Gasteiger charge is 2.27. The summed E-state index contributed by atoms with van der Waals surface area (Å²) in [5.74, 6) is 2.26. The number of methoxy groups -OCH3 is 1. The molecule has 29 heavy (non-hydrogen) atoms. The van der Waals surface area contributed by atoms with E-state index in [1.54, 1.807) is 7.05 Å². The predicted molar refractivity (Wildman–Crippen MR) is 113 cm³/mol. The van der Waals surface area contributed by atoms with Gasteiger partial charge in [0, 0.05) is 38.9 Å². The molecule has 1 aliphatic heterocycles. The first-order chi connectivity index (χ1) is 14.1. The van der Waals surface area contributed by atoms with Crippen molar-refractivity contribution in [1.29, 1.82) is 0 Å². The second kappa shape index (κ2) is 10.5. The molecule has 7 heteroatoms. The Morgan fingerprint density at radius 2 is 1.97 bits per heavy atom. The number of ether oxygens (including phenoxy) is 2. The molecule has 0 spiro atoms. The van der Waals surface area contributed by atoms with E-state index >= 15 is 0 Å². The number of nitrogens with one attached hydrogen (secondary N) is 1. The molecule has 0 aromatic carbocycles. The largest absolute Gasteiger partial charge is 0.474 e. The summed E-state index contributed by atoms with van der Waals surface area (Å²) in [5.41, 5.74) is 1.12. The summed E-state index contributed by atoms with van der Waals surface area (Å²) in [4.78, 5) is 22.7. The van der Waals surface area contributed by atoms with Crippen LogP contribution in [0.15, 0.2) is 23.3 Å². The van der Waals surface area contributed by atoms with Gasteiger partial charge in [0.2, 0.25) is 5.88 Å². The lowest BCUT2D eigenvalue weighted by molar-refractivity contribution is -0.146. The summed E-state index contributed by atoms with van der Waals surface area (Å²) in [6.07, 6.45) is 8.36. The molecule has 0 unspecified atom stereocenters. The van der Waals surface area contributed by atoms with Crippen molar-refractivity contribution in [3.63, 3.8) is 0 Å². The maximum atomic E-state index is 11.7. The van der Waals surface area contributed by atoms with Crippen molar-refractivity contribution in [2.75, 3.05) is 27.2 Å². The first kappa shape index (κ1) is 21.4. The molecule has 0 radical (unpaired) electrons. The summed E-state index contributed by atoms with van der Waals surface area (Å²) in [7, 11) is 3.25. The smallest absolute Gasteiger partial charge is 0.308 e. The van der Waals surface area contributed by atoms with Gasteiger partial charge in [-0.15, -0.1) is 0 Å². The molecule has 1 N–H and O–H groups in total. The second-order valence-electron chi connectivity index (χ2n) is 8.19. The SMILES string of the molecule is CN=C(NCc1ccnc(OC2CCC(C)CC2)c1)N1CCC(C(=O)OC)CC1. The molecule has 0 bridgehead atoms. The number of esters is 1. The predicted octanol–water partition coefficient (Wildman–Crippen LogP) is 3.00. The van der Waals surface area contributed by atoms with Crippen LogP contribution < -0.4 is 10.1 Å². The zero-order valence-electron chi connectivity index (χ0n) is 17.9. The van der Waals surface area contributed by atoms with Crippen molar-refractivity contribution in [3.8, 4) is 5.88 Å². The van der Waals surface area contributed by atoms with Gasteiger partial charge in [-0.2, -0.15) is 0 Å². The van der Waals surface area contributed by atoms with E-state index in [0.29, 0.717) is 12.4 Å². The van der Waals surface area contributed by atoms with Crippen LogP contribution in [0.2, 0.25) is 0 Å². The summed E-state index contributed by atoms with van der Waals surface area (Å²) in [6, 6.07) is 4.02. The van der Waals surface area contributed by atoms with Crippen LogP contribution in [-0.2, 0) is 16.1 Å². The van der Waals surface area contributed by atoms with Crippen LogP contribution in [0.3, 0.4) is 0 Å². The van der Waals surface area contributed by atoms with E-state index in [0.717, 1.165) is 56.2 Å². The van der Waals surface area contributed by atoms with Crippen LogP contribution in [0.25, 0.3) is 0 Å². The lowest BCUT2D eigenvalue weighted by Gasteiger charge is -2.33. The third kappa shape index (κ3) is 6.08. The number of carbonyl (C=O) groups excluding carboxylic acids is 1.